The maximum absolute atomic E-state index is 12.4. The molecule has 2 fully saturated rings. The summed E-state index contributed by atoms with van der Waals surface area (Å²) in [5, 5.41) is 18.3. The Hall–Kier alpha value is -2.48. The number of hydrogen-bond acceptors (Lipinski definition) is 7. The summed E-state index contributed by atoms with van der Waals surface area (Å²) in [7, 11) is 0. The maximum Gasteiger partial charge on any atom is 0.267 e. The van der Waals surface area contributed by atoms with Crippen LogP contribution in [0, 0.1) is 6.92 Å². The fraction of sp³-hybridized carbons (Fsp3) is 0.600. The Morgan fingerprint density at radius 3 is 2.86 bits per heavy atom. The normalized spacial score (nSPS) is 25.1. The van der Waals surface area contributed by atoms with Gasteiger partial charge in [-0.05, 0) is 57.6 Å². The zero-order valence-corrected chi connectivity index (χ0v) is 16.3. The van der Waals surface area contributed by atoms with E-state index in [1.807, 2.05) is 19.1 Å². The van der Waals surface area contributed by atoms with E-state index in [4.69, 9.17) is 0 Å². The number of rotatable bonds is 5. The lowest BCUT2D eigenvalue weighted by molar-refractivity contribution is 0.127. The van der Waals surface area contributed by atoms with Crippen molar-refractivity contribution in [1.82, 2.24) is 19.7 Å². The van der Waals surface area contributed by atoms with Gasteiger partial charge in [0.2, 0.25) is 0 Å². The highest BCUT2D eigenvalue weighted by Gasteiger charge is 2.30. The van der Waals surface area contributed by atoms with Crippen LogP contribution in [0.15, 0.2) is 29.2 Å². The van der Waals surface area contributed by atoms with Crippen LogP contribution in [0.3, 0.4) is 0 Å². The lowest BCUT2D eigenvalue weighted by Crippen LogP contribution is -2.45. The molecule has 2 aliphatic rings. The number of aliphatic hydroxyl groups excluding tert-OH is 1. The Labute approximate surface area is 164 Å². The second kappa shape index (κ2) is 8.26. The van der Waals surface area contributed by atoms with Crippen LogP contribution in [-0.4, -0.2) is 50.1 Å². The molecular weight excluding hydrogens is 356 g/mol. The summed E-state index contributed by atoms with van der Waals surface area (Å²) in [5.41, 5.74) is -0.141. The zero-order chi connectivity index (χ0) is 19.5. The number of aliphatic hydroxyl groups is 1. The van der Waals surface area contributed by atoms with Crippen LogP contribution in [0.1, 0.15) is 50.4 Å². The molecule has 1 saturated carbocycles. The van der Waals surface area contributed by atoms with Gasteiger partial charge in [-0.2, -0.15) is 5.10 Å². The average molecular weight is 384 g/mol. The van der Waals surface area contributed by atoms with E-state index in [-0.39, 0.29) is 17.6 Å². The van der Waals surface area contributed by atoms with Gasteiger partial charge >= 0.3 is 0 Å². The van der Waals surface area contributed by atoms with Gasteiger partial charge in [0.05, 0.1) is 12.1 Å². The lowest BCUT2D eigenvalue weighted by Gasteiger charge is -2.37. The van der Waals surface area contributed by atoms with Crippen LogP contribution < -0.4 is 15.8 Å². The second-order valence-corrected chi connectivity index (χ2v) is 7.75. The van der Waals surface area contributed by atoms with Gasteiger partial charge in [-0.25, -0.2) is 14.6 Å². The molecule has 2 N–H and O–H groups in total. The number of hydrogen-bond donors (Lipinski definition) is 2. The van der Waals surface area contributed by atoms with Crippen molar-refractivity contribution in [3.63, 3.8) is 0 Å². The number of piperidine rings is 1. The molecule has 1 aliphatic carbocycles. The van der Waals surface area contributed by atoms with Gasteiger partial charge in [0.25, 0.3) is 5.56 Å². The summed E-state index contributed by atoms with van der Waals surface area (Å²) in [5.74, 6) is 2.38. The minimum atomic E-state index is -0.486. The van der Waals surface area contributed by atoms with Crippen LogP contribution in [0.2, 0.25) is 0 Å². The monoisotopic (exact) mass is 384 g/mol. The molecule has 3 unspecified atom stereocenters. The van der Waals surface area contributed by atoms with Gasteiger partial charge in [0.15, 0.2) is 0 Å². The molecular formula is C20H28N6O2. The fourth-order valence-corrected chi connectivity index (χ4v) is 4.30. The summed E-state index contributed by atoms with van der Waals surface area (Å²) < 4.78 is 1.50. The molecule has 0 radical (unpaired) electrons. The van der Waals surface area contributed by atoms with Crippen LogP contribution in [0.4, 0.5) is 11.6 Å². The first-order valence-corrected chi connectivity index (χ1v) is 10.2. The number of nitrogens with one attached hydrogen (secondary N) is 1. The highest BCUT2D eigenvalue weighted by molar-refractivity contribution is 5.41. The predicted molar refractivity (Wildman–Crippen MR) is 108 cm³/mol. The van der Waals surface area contributed by atoms with Crippen LogP contribution >= 0.6 is 0 Å². The number of aromatic nitrogens is 4. The molecule has 0 amide bonds. The quantitative estimate of drug-likeness (QED) is 0.813. The van der Waals surface area contributed by atoms with Crippen molar-refractivity contribution in [1.29, 1.82) is 0 Å². The minimum Gasteiger partial charge on any atom is -0.391 e. The highest BCUT2D eigenvalue weighted by Crippen LogP contribution is 2.29. The highest BCUT2D eigenvalue weighted by atomic mass is 16.3. The Bertz CT molecular complexity index is 870. The SMILES string of the molecule is Cc1nccc(NCC2CCCCN2c2ccc(=O)n(C3CCCC3O)n2)n1. The molecule has 1 aliphatic heterocycles. The molecule has 0 bridgehead atoms. The first-order chi connectivity index (χ1) is 13.6. The van der Waals surface area contributed by atoms with E-state index in [9.17, 15) is 9.90 Å². The third-order valence-corrected chi connectivity index (χ3v) is 5.79. The van der Waals surface area contributed by atoms with E-state index < -0.39 is 6.10 Å². The van der Waals surface area contributed by atoms with Gasteiger partial charge in [-0.15, -0.1) is 0 Å². The zero-order valence-electron chi connectivity index (χ0n) is 16.3. The molecule has 0 aromatic carbocycles. The smallest absolute Gasteiger partial charge is 0.267 e. The van der Waals surface area contributed by atoms with Gasteiger partial charge in [0.1, 0.15) is 17.5 Å². The van der Waals surface area contributed by atoms with Gasteiger partial charge in [-0.3, -0.25) is 4.79 Å². The van der Waals surface area contributed by atoms with Crippen LogP contribution in [0.25, 0.3) is 0 Å². The maximum atomic E-state index is 12.4. The van der Waals surface area contributed by atoms with E-state index in [0.717, 1.165) is 62.7 Å². The van der Waals surface area contributed by atoms with Crippen molar-refractivity contribution in [2.24, 2.45) is 0 Å². The van der Waals surface area contributed by atoms with Gasteiger partial charge < -0.3 is 15.3 Å². The van der Waals surface area contributed by atoms with Crippen molar-refractivity contribution in [2.75, 3.05) is 23.3 Å². The van der Waals surface area contributed by atoms with E-state index in [1.54, 1.807) is 12.3 Å². The molecule has 4 rings (SSSR count). The van der Waals surface area contributed by atoms with E-state index in [1.165, 1.54) is 11.1 Å². The molecule has 150 valence electrons. The molecule has 2 aromatic rings. The van der Waals surface area contributed by atoms with E-state index >= 15 is 0 Å². The third kappa shape index (κ3) is 4.01. The molecule has 3 atom stereocenters. The van der Waals surface area contributed by atoms with Crippen molar-refractivity contribution >= 4 is 11.6 Å². The van der Waals surface area contributed by atoms with Crippen LogP contribution in [0.5, 0.6) is 0 Å². The summed E-state index contributed by atoms with van der Waals surface area (Å²) >= 11 is 0. The Morgan fingerprint density at radius 1 is 1.18 bits per heavy atom. The van der Waals surface area contributed by atoms with Crippen molar-refractivity contribution in [3.05, 3.63) is 40.6 Å². The molecule has 1 saturated heterocycles. The Kier molecular flexibility index (Phi) is 5.57. The molecule has 2 aromatic heterocycles. The Morgan fingerprint density at radius 2 is 2.07 bits per heavy atom. The second-order valence-electron chi connectivity index (χ2n) is 7.75. The molecule has 0 spiro atoms. The Balaban J connectivity index is 1.53. The van der Waals surface area contributed by atoms with Crippen molar-refractivity contribution in [3.8, 4) is 0 Å². The third-order valence-electron chi connectivity index (χ3n) is 5.79. The molecule has 8 heteroatoms. The summed E-state index contributed by atoms with van der Waals surface area (Å²) in [6.45, 7) is 3.54. The van der Waals surface area contributed by atoms with Crippen molar-refractivity contribution < 1.29 is 5.11 Å². The number of anilines is 2. The first-order valence-electron chi connectivity index (χ1n) is 10.2. The number of aryl methyl sites for hydroxylation is 1. The van der Waals surface area contributed by atoms with Crippen molar-refractivity contribution in [2.45, 2.75) is 63.6 Å². The molecule has 3 heterocycles. The van der Waals surface area contributed by atoms with E-state index in [2.05, 4.69) is 25.3 Å². The minimum absolute atomic E-state index is 0.141. The topological polar surface area (TPSA) is 96.2 Å². The van der Waals surface area contributed by atoms with Gasteiger partial charge in [0, 0.05) is 31.4 Å². The molecule has 28 heavy (non-hydrogen) atoms. The predicted octanol–water partition coefficient (Wildman–Crippen LogP) is 1.90. The lowest BCUT2D eigenvalue weighted by atomic mass is 10.0. The summed E-state index contributed by atoms with van der Waals surface area (Å²) in [6.07, 6.45) is 7.08. The molecule has 8 nitrogen and oxygen atoms in total. The summed E-state index contributed by atoms with van der Waals surface area (Å²) in [4.78, 5) is 23.2. The van der Waals surface area contributed by atoms with E-state index in [0.29, 0.717) is 0 Å². The summed E-state index contributed by atoms with van der Waals surface area (Å²) in [6, 6.07) is 5.34. The number of nitrogens with zero attached hydrogens (tertiary/aromatic N) is 5. The average Bonchev–Trinajstić information content (AvgIpc) is 3.13. The largest absolute Gasteiger partial charge is 0.391 e. The fourth-order valence-electron chi connectivity index (χ4n) is 4.30. The van der Waals surface area contributed by atoms with Crippen LogP contribution in [-0.2, 0) is 0 Å². The standard InChI is InChI=1S/C20H28N6O2/c1-14-21-11-10-18(23-14)22-13-15-5-2-3-12-25(15)19-8-9-20(28)26(24-19)16-6-4-7-17(16)27/h8-11,15-17,27H,2-7,12-13H2,1H3,(H,21,22,23). The van der Waals surface area contributed by atoms with Gasteiger partial charge in [-0.1, -0.05) is 0 Å². The first kappa shape index (κ1) is 18.9.